The van der Waals surface area contributed by atoms with E-state index < -0.39 is 80.7 Å². The number of allylic oxidation sites excluding steroid dienone is 2. The van der Waals surface area contributed by atoms with Gasteiger partial charge in [-0.1, -0.05) is 11.6 Å². The van der Waals surface area contributed by atoms with E-state index in [1.165, 1.54) is 0 Å². The molecule has 43 heavy (non-hydrogen) atoms. The number of aromatic hydroxyl groups is 1. The van der Waals surface area contributed by atoms with Crippen molar-refractivity contribution in [2.75, 3.05) is 11.4 Å². The molecule has 226 valence electrons. The van der Waals surface area contributed by atoms with E-state index in [1.54, 1.807) is 13.0 Å². The molecule has 4 amide bonds. The summed E-state index contributed by atoms with van der Waals surface area (Å²) in [5.74, 6) is -9.23. The molecular weight excluding hydrogens is 619 g/mol. The zero-order chi connectivity index (χ0) is 31.2. The molecule has 2 aliphatic heterocycles. The molecule has 6 rings (SSSR count). The van der Waals surface area contributed by atoms with Crippen LogP contribution in [0.4, 0.5) is 23.2 Å². The number of carbonyl (C=O) groups is 4. The first kappa shape index (κ1) is 29.4. The number of phenols is 1. The van der Waals surface area contributed by atoms with Gasteiger partial charge < -0.3 is 9.84 Å². The smallest absolute Gasteiger partial charge is 0.508 e. The molecule has 8 nitrogen and oxygen atoms in total. The number of nitrogens with zero attached hydrogens (tertiary/aromatic N) is 2. The molecule has 0 radical (unpaired) electrons. The Kier molecular flexibility index (Phi) is 6.63. The summed E-state index contributed by atoms with van der Waals surface area (Å²) in [6.45, 7) is 1.72. The Balaban J connectivity index is 1.58. The molecule has 1 N–H and O–H groups in total. The van der Waals surface area contributed by atoms with Gasteiger partial charge in [-0.25, -0.2) is 9.29 Å². The fourth-order valence-electron chi connectivity index (χ4n) is 7.08. The third kappa shape index (κ3) is 4.09. The Morgan fingerprint density at radius 2 is 1.67 bits per heavy atom. The Bertz CT molecular complexity index is 1610. The predicted molar refractivity (Wildman–Crippen MR) is 144 cm³/mol. The Morgan fingerprint density at radius 1 is 1.00 bits per heavy atom. The number of phenolic OH excluding ortho intramolecular Hbond substituents is 1. The van der Waals surface area contributed by atoms with E-state index in [-0.39, 0.29) is 36.2 Å². The second kappa shape index (κ2) is 9.68. The van der Waals surface area contributed by atoms with Crippen LogP contribution in [0.2, 0.25) is 0 Å². The number of alkyl halides is 5. The number of fused-ring (bicyclic) bond motifs is 4. The summed E-state index contributed by atoms with van der Waals surface area (Å²) in [7, 11) is 0. The van der Waals surface area contributed by atoms with E-state index >= 15 is 0 Å². The predicted octanol–water partition coefficient (Wildman–Crippen LogP) is 5.01. The molecule has 2 aliphatic carbocycles. The van der Waals surface area contributed by atoms with Gasteiger partial charge in [0.25, 0.3) is 11.8 Å². The Labute approximate surface area is 251 Å². The van der Waals surface area contributed by atoms with E-state index in [1.807, 2.05) is 0 Å². The topological polar surface area (TPSA) is 104 Å². The lowest BCUT2D eigenvalue weighted by molar-refractivity contribution is -0.274. The van der Waals surface area contributed by atoms with Gasteiger partial charge in [0, 0.05) is 18.0 Å². The second-order valence-corrected chi connectivity index (χ2v) is 12.2. The lowest BCUT2D eigenvalue weighted by Crippen LogP contribution is -2.60. The first-order chi connectivity index (χ1) is 20.1. The summed E-state index contributed by atoms with van der Waals surface area (Å²) < 4.78 is 57.3. The maximum atomic E-state index is 14.2. The zero-order valence-electron chi connectivity index (χ0n) is 22.2. The van der Waals surface area contributed by atoms with E-state index in [9.17, 15) is 41.8 Å². The van der Waals surface area contributed by atoms with Gasteiger partial charge >= 0.3 is 6.36 Å². The van der Waals surface area contributed by atoms with Crippen LogP contribution in [0.3, 0.4) is 0 Å². The number of imide groups is 2. The van der Waals surface area contributed by atoms with E-state index in [2.05, 4.69) is 4.74 Å². The van der Waals surface area contributed by atoms with Crippen LogP contribution in [0.15, 0.2) is 54.1 Å². The van der Waals surface area contributed by atoms with Gasteiger partial charge in [-0.2, -0.15) is 0 Å². The van der Waals surface area contributed by atoms with Crippen molar-refractivity contribution in [3.63, 3.8) is 0 Å². The first-order valence-corrected chi connectivity index (χ1v) is 14.1. The van der Waals surface area contributed by atoms with E-state index in [0.29, 0.717) is 4.90 Å². The average molecular weight is 641 g/mol. The number of ether oxygens (including phenoxy) is 1. The monoisotopic (exact) mass is 640 g/mol. The molecule has 6 atom stereocenters. The second-order valence-electron chi connectivity index (χ2n) is 10.9. The van der Waals surface area contributed by atoms with E-state index in [0.717, 1.165) is 47.4 Å². The molecule has 2 heterocycles. The van der Waals surface area contributed by atoms with Gasteiger partial charge in [0.05, 0.1) is 17.5 Å². The highest BCUT2D eigenvalue weighted by Crippen LogP contribution is 2.66. The van der Waals surface area contributed by atoms with Crippen LogP contribution in [0.25, 0.3) is 0 Å². The van der Waals surface area contributed by atoms with Crippen molar-refractivity contribution in [3.8, 4) is 11.5 Å². The molecule has 0 bridgehead atoms. The maximum Gasteiger partial charge on any atom is 0.573 e. The van der Waals surface area contributed by atoms with Crippen LogP contribution in [0.5, 0.6) is 11.5 Å². The van der Waals surface area contributed by atoms with Crippen LogP contribution >= 0.6 is 23.2 Å². The molecule has 2 saturated heterocycles. The highest BCUT2D eigenvalue weighted by molar-refractivity contribution is 6.58. The van der Waals surface area contributed by atoms with Crippen LogP contribution < -0.4 is 9.64 Å². The van der Waals surface area contributed by atoms with Crippen molar-refractivity contribution in [1.29, 1.82) is 0 Å². The lowest BCUT2D eigenvalue weighted by atomic mass is 9.56. The highest BCUT2D eigenvalue weighted by atomic mass is 35.5. The van der Waals surface area contributed by atoms with Gasteiger partial charge in [-0.05, 0) is 68.1 Å². The minimum Gasteiger partial charge on any atom is -0.508 e. The highest BCUT2D eigenvalue weighted by Gasteiger charge is 2.76. The Hall–Kier alpha value is -3.64. The first-order valence-electron chi connectivity index (χ1n) is 13.3. The number of anilines is 1. The molecule has 1 saturated carbocycles. The molecule has 0 aromatic heterocycles. The lowest BCUT2D eigenvalue weighted by Gasteiger charge is -2.50. The molecule has 3 fully saturated rings. The average Bonchev–Trinajstić information content (AvgIpc) is 3.27. The van der Waals surface area contributed by atoms with Crippen LogP contribution in [0, 0.1) is 23.6 Å². The normalized spacial score (nSPS) is 32.0. The van der Waals surface area contributed by atoms with E-state index in [4.69, 9.17) is 23.2 Å². The van der Waals surface area contributed by atoms with Gasteiger partial charge in [-0.15, -0.1) is 36.4 Å². The molecule has 14 heteroatoms. The van der Waals surface area contributed by atoms with Crippen molar-refractivity contribution in [1.82, 2.24) is 4.90 Å². The molecule has 0 spiro atoms. The third-order valence-electron chi connectivity index (χ3n) is 8.85. The SMILES string of the molecule is CCN1C(=O)C2CC=C3C(CC4(Cl)C(=O)N(c5ccc(F)cc5)C(=O)C4(Cl)C3c3cc(OC(F)(F)F)ccc3O)C2C1=O. The molecule has 2 aromatic carbocycles. The fourth-order valence-corrected chi connectivity index (χ4v) is 8.01. The number of amides is 4. The van der Waals surface area contributed by atoms with Crippen molar-refractivity contribution in [2.24, 2.45) is 17.8 Å². The van der Waals surface area contributed by atoms with Gasteiger partial charge in [0.2, 0.25) is 11.8 Å². The number of hydrogen-bond donors (Lipinski definition) is 1. The summed E-state index contributed by atoms with van der Waals surface area (Å²) in [5, 5.41) is 11.0. The summed E-state index contributed by atoms with van der Waals surface area (Å²) in [6, 6.07) is 6.97. The third-order valence-corrected chi connectivity index (χ3v) is 10.3. The fraction of sp³-hybridized carbons (Fsp3) is 0.379. The van der Waals surface area contributed by atoms with Gasteiger partial charge in [0.1, 0.15) is 17.3 Å². The molecule has 4 aliphatic rings. The van der Waals surface area contributed by atoms with Crippen molar-refractivity contribution in [3.05, 3.63) is 65.5 Å². The number of carbonyl (C=O) groups excluding carboxylic acids is 4. The summed E-state index contributed by atoms with van der Waals surface area (Å²) in [4.78, 5) is 51.9. The summed E-state index contributed by atoms with van der Waals surface area (Å²) in [5.41, 5.74) is -0.0994. The largest absolute Gasteiger partial charge is 0.573 e. The number of halogens is 6. The van der Waals surface area contributed by atoms with Crippen LogP contribution in [0.1, 0.15) is 31.2 Å². The molecule has 6 unspecified atom stereocenters. The van der Waals surface area contributed by atoms with Gasteiger partial charge in [0.15, 0.2) is 9.75 Å². The quantitative estimate of drug-likeness (QED) is 0.218. The van der Waals surface area contributed by atoms with Crippen molar-refractivity contribution in [2.45, 2.75) is 41.8 Å². The van der Waals surface area contributed by atoms with Crippen molar-refractivity contribution >= 4 is 52.5 Å². The number of likely N-dealkylation sites (tertiary alicyclic amines) is 1. The van der Waals surface area contributed by atoms with Gasteiger partial charge in [-0.3, -0.25) is 24.1 Å². The van der Waals surface area contributed by atoms with Crippen molar-refractivity contribution < 1.29 is 46.6 Å². The number of benzene rings is 2. The molecular formula is C29H22Cl2F4N2O6. The summed E-state index contributed by atoms with van der Waals surface area (Å²) in [6.07, 6.45) is -3.86. The maximum absolute atomic E-state index is 14.2. The van der Waals surface area contributed by atoms with Crippen LogP contribution in [-0.4, -0.2) is 56.3 Å². The number of rotatable bonds is 4. The minimum absolute atomic E-state index is 0.0413. The molecule has 2 aromatic rings. The summed E-state index contributed by atoms with van der Waals surface area (Å²) >= 11 is 14.3. The zero-order valence-corrected chi connectivity index (χ0v) is 23.7. The minimum atomic E-state index is -5.10. The Morgan fingerprint density at radius 3 is 2.30 bits per heavy atom. The number of hydrogen-bond acceptors (Lipinski definition) is 6. The standard InChI is InChI=1S/C29H22Cl2F4N2O6/c1-2-36-23(39)17-9-8-16-19(21(17)24(36)40)12-27(30)25(41)37(14-5-3-13(32)4-6-14)26(42)28(27,31)22(16)18-11-15(7-10-20(18)38)43-29(33,34)35/h3-8,10-11,17,19,21-22,38H,2,9,12H2,1H3. The van der Waals surface area contributed by atoms with Crippen LogP contribution in [-0.2, 0) is 19.2 Å².